The Hall–Kier alpha value is -0.810. The van der Waals surface area contributed by atoms with Gasteiger partial charge in [-0.25, -0.2) is 0 Å². The minimum Gasteiger partial charge on any atom is -0.492 e. The second-order valence-electron chi connectivity index (χ2n) is 3.80. The van der Waals surface area contributed by atoms with Crippen LogP contribution in [-0.4, -0.2) is 46.5 Å². The second-order valence-corrected chi connectivity index (χ2v) is 4.23. The van der Waals surface area contributed by atoms with E-state index in [0.717, 1.165) is 43.6 Å². The van der Waals surface area contributed by atoms with Crippen LogP contribution in [0.1, 0.15) is 0 Å². The molecule has 0 bridgehead atoms. The zero-order valence-corrected chi connectivity index (χ0v) is 11.5. The molecular formula is C13H21ClN2O2. The van der Waals surface area contributed by atoms with Crippen LogP contribution in [0.3, 0.4) is 0 Å². The Morgan fingerprint density at radius 3 is 2.17 bits per heavy atom. The minimum atomic E-state index is 0.652. The fourth-order valence-corrected chi connectivity index (χ4v) is 1.50. The van der Waals surface area contributed by atoms with Gasteiger partial charge in [-0.1, -0.05) is 11.6 Å². The summed E-state index contributed by atoms with van der Waals surface area (Å²) in [6.45, 7) is 4.98. The van der Waals surface area contributed by atoms with Crippen LogP contribution in [0.2, 0.25) is 5.02 Å². The van der Waals surface area contributed by atoms with Crippen molar-refractivity contribution in [2.24, 2.45) is 0 Å². The summed E-state index contributed by atoms with van der Waals surface area (Å²) in [5.74, 6) is 0.847. The fourth-order valence-electron chi connectivity index (χ4n) is 1.37. The van der Waals surface area contributed by atoms with Crippen molar-refractivity contribution in [1.29, 1.82) is 0 Å². The number of hydrogen-bond acceptors (Lipinski definition) is 4. The molecule has 0 amide bonds. The monoisotopic (exact) mass is 272 g/mol. The van der Waals surface area contributed by atoms with Crippen LogP contribution in [0.4, 0.5) is 0 Å². The van der Waals surface area contributed by atoms with Crippen molar-refractivity contribution in [3.8, 4) is 5.75 Å². The molecule has 0 spiro atoms. The van der Waals surface area contributed by atoms with Gasteiger partial charge >= 0.3 is 0 Å². The molecule has 4 nitrogen and oxygen atoms in total. The molecule has 18 heavy (non-hydrogen) atoms. The molecule has 2 N–H and O–H groups in total. The smallest absolute Gasteiger partial charge is 0.119 e. The molecule has 0 aromatic heterocycles. The van der Waals surface area contributed by atoms with Crippen molar-refractivity contribution in [2.45, 2.75) is 0 Å². The number of nitrogens with one attached hydrogen (secondary N) is 2. The molecule has 0 radical (unpaired) electrons. The van der Waals surface area contributed by atoms with Crippen molar-refractivity contribution in [1.82, 2.24) is 10.6 Å². The van der Waals surface area contributed by atoms with E-state index < -0.39 is 0 Å². The highest BCUT2D eigenvalue weighted by molar-refractivity contribution is 6.30. The number of methoxy groups -OCH3 is 1. The normalized spacial score (nSPS) is 10.6. The van der Waals surface area contributed by atoms with Gasteiger partial charge in [0.15, 0.2) is 0 Å². The lowest BCUT2D eigenvalue weighted by atomic mass is 10.3. The summed E-state index contributed by atoms with van der Waals surface area (Å²) in [7, 11) is 1.70. The topological polar surface area (TPSA) is 42.5 Å². The lowest BCUT2D eigenvalue weighted by molar-refractivity contribution is 0.199. The Morgan fingerprint density at radius 1 is 0.944 bits per heavy atom. The van der Waals surface area contributed by atoms with Crippen LogP contribution in [0.15, 0.2) is 24.3 Å². The molecule has 5 heteroatoms. The third-order valence-corrected chi connectivity index (χ3v) is 2.57. The molecule has 0 unspecified atom stereocenters. The summed E-state index contributed by atoms with van der Waals surface area (Å²) in [6, 6.07) is 7.39. The summed E-state index contributed by atoms with van der Waals surface area (Å²) in [6.07, 6.45) is 0. The molecular weight excluding hydrogens is 252 g/mol. The van der Waals surface area contributed by atoms with E-state index in [1.807, 2.05) is 24.3 Å². The molecule has 102 valence electrons. The van der Waals surface area contributed by atoms with Crippen molar-refractivity contribution >= 4 is 11.6 Å². The average Bonchev–Trinajstić information content (AvgIpc) is 2.39. The zero-order chi connectivity index (χ0) is 13.1. The lowest BCUT2D eigenvalue weighted by Crippen LogP contribution is -2.31. The summed E-state index contributed by atoms with van der Waals surface area (Å²) >= 11 is 5.78. The molecule has 0 aliphatic carbocycles. The highest BCUT2D eigenvalue weighted by Crippen LogP contribution is 2.14. The van der Waals surface area contributed by atoms with Crippen LogP contribution in [0.25, 0.3) is 0 Å². The van der Waals surface area contributed by atoms with E-state index >= 15 is 0 Å². The van der Waals surface area contributed by atoms with E-state index in [2.05, 4.69) is 10.6 Å². The first-order chi connectivity index (χ1) is 8.83. The minimum absolute atomic E-state index is 0.652. The van der Waals surface area contributed by atoms with Gasteiger partial charge in [0.25, 0.3) is 0 Å². The Bertz CT molecular complexity index is 306. The third kappa shape index (κ3) is 7.50. The standard InChI is InChI=1S/C13H21ClN2O2/c1-17-10-8-15-6-7-16-9-11-18-13-4-2-12(14)3-5-13/h2-5,15-16H,6-11H2,1H3. The molecule has 0 heterocycles. The van der Waals surface area contributed by atoms with Gasteiger partial charge in [0.1, 0.15) is 12.4 Å². The SMILES string of the molecule is COCCNCCNCCOc1ccc(Cl)cc1. The molecule has 1 aromatic carbocycles. The van der Waals surface area contributed by atoms with Crippen LogP contribution in [0.5, 0.6) is 5.75 Å². The maximum Gasteiger partial charge on any atom is 0.119 e. The van der Waals surface area contributed by atoms with E-state index in [1.165, 1.54) is 0 Å². The molecule has 0 atom stereocenters. The molecule has 0 fully saturated rings. The Kier molecular flexibility index (Phi) is 8.59. The largest absolute Gasteiger partial charge is 0.492 e. The third-order valence-electron chi connectivity index (χ3n) is 2.32. The van der Waals surface area contributed by atoms with Crippen molar-refractivity contribution in [3.63, 3.8) is 0 Å². The summed E-state index contributed by atoms with van der Waals surface area (Å²) < 4.78 is 10.5. The van der Waals surface area contributed by atoms with Crippen LogP contribution in [-0.2, 0) is 4.74 Å². The first-order valence-corrected chi connectivity index (χ1v) is 6.49. The average molecular weight is 273 g/mol. The second kappa shape index (κ2) is 10.1. The molecule has 0 saturated carbocycles. The Morgan fingerprint density at radius 2 is 1.56 bits per heavy atom. The maximum absolute atomic E-state index is 5.78. The van der Waals surface area contributed by atoms with Crippen LogP contribution >= 0.6 is 11.6 Å². The Labute approximate surface area is 114 Å². The van der Waals surface area contributed by atoms with E-state index in [9.17, 15) is 0 Å². The Balaban J connectivity index is 1.91. The highest BCUT2D eigenvalue weighted by Gasteiger charge is 1.93. The van der Waals surface area contributed by atoms with Gasteiger partial charge in [0, 0.05) is 38.3 Å². The number of rotatable bonds is 10. The fraction of sp³-hybridized carbons (Fsp3) is 0.538. The first kappa shape index (κ1) is 15.2. The van der Waals surface area contributed by atoms with Gasteiger partial charge in [-0.05, 0) is 24.3 Å². The van der Waals surface area contributed by atoms with Crippen LogP contribution < -0.4 is 15.4 Å². The molecule has 1 aromatic rings. The zero-order valence-electron chi connectivity index (χ0n) is 10.7. The predicted molar refractivity (Wildman–Crippen MR) is 74.6 cm³/mol. The van der Waals surface area contributed by atoms with Gasteiger partial charge < -0.3 is 20.1 Å². The molecule has 0 aliphatic heterocycles. The first-order valence-electron chi connectivity index (χ1n) is 6.11. The molecule has 0 saturated heterocycles. The maximum atomic E-state index is 5.78. The van der Waals surface area contributed by atoms with E-state index in [-0.39, 0.29) is 0 Å². The summed E-state index contributed by atoms with van der Waals surface area (Å²) in [4.78, 5) is 0. The number of hydrogen-bond donors (Lipinski definition) is 2. The quantitative estimate of drug-likeness (QED) is 0.634. The van der Waals surface area contributed by atoms with Crippen molar-refractivity contribution < 1.29 is 9.47 Å². The van der Waals surface area contributed by atoms with Crippen molar-refractivity contribution in [3.05, 3.63) is 29.3 Å². The summed E-state index contributed by atoms with van der Waals surface area (Å²) in [5.41, 5.74) is 0. The van der Waals surface area contributed by atoms with E-state index in [0.29, 0.717) is 6.61 Å². The van der Waals surface area contributed by atoms with Gasteiger partial charge in [-0.2, -0.15) is 0 Å². The predicted octanol–water partition coefficient (Wildman–Crippen LogP) is 1.54. The lowest BCUT2D eigenvalue weighted by Gasteiger charge is -2.08. The number of halogens is 1. The molecule has 0 aliphatic rings. The molecule has 1 rings (SSSR count). The van der Waals surface area contributed by atoms with Crippen LogP contribution in [0, 0.1) is 0 Å². The van der Waals surface area contributed by atoms with Gasteiger partial charge in [-0.15, -0.1) is 0 Å². The van der Waals surface area contributed by atoms with E-state index in [1.54, 1.807) is 7.11 Å². The van der Waals surface area contributed by atoms with Gasteiger partial charge in [-0.3, -0.25) is 0 Å². The van der Waals surface area contributed by atoms with E-state index in [4.69, 9.17) is 21.1 Å². The summed E-state index contributed by atoms with van der Waals surface area (Å²) in [5, 5.41) is 7.27. The number of benzene rings is 1. The van der Waals surface area contributed by atoms with Gasteiger partial charge in [0.05, 0.1) is 6.61 Å². The van der Waals surface area contributed by atoms with Gasteiger partial charge in [0.2, 0.25) is 0 Å². The highest BCUT2D eigenvalue weighted by atomic mass is 35.5. The van der Waals surface area contributed by atoms with Crippen molar-refractivity contribution in [2.75, 3.05) is 46.5 Å². The number of ether oxygens (including phenoxy) is 2.